The van der Waals surface area contributed by atoms with Gasteiger partial charge in [0.25, 0.3) is 6.43 Å². The zero-order valence-corrected chi connectivity index (χ0v) is 6.81. The maximum atomic E-state index is 12.1. The predicted octanol–water partition coefficient (Wildman–Crippen LogP) is 3.23. The summed E-state index contributed by atoms with van der Waals surface area (Å²) in [6.45, 7) is 0. The van der Waals surface area contributed by atoms with Gasteiger partial charge in [0.1, 0.15) is 10.5 Å². The number of alkyl halides is 2. The van der Waals surface area contributed by atoms with Crippen molar-refractivity contribution in [3.05, 3.63) is 29.3 Å². The average Bonchev–Trinajstić information content (AvgIpc) is 2.49. The molecule has 0 N–H and O–H groups in total. The van der Waals surface area contributed by atoms with E-state index in [1.54, 1.807) is 6.07 Å². The molecule has 0 atom stereocenters. The van der Waals surface area contributed by atoms with Crippen LogP contribution in [0.25, 0.3) is 10.2 Å². The van der Waals surface area contributed by atoms with Crippen LogP contribution in [0.15, 0.2) is 23.6 Å². The number of fused-ring (bicyclic) bond motifs is 1. The Morgan fingerprint density at radius 3 is 2.83 bits per heavy atom. The summed E-state index contributed by atoms with van der Waals surface area (Å²) in [6, 6.07) is 4.89. The Morgan fingerprint density at radius 1 is 1.25 bits per heavy atom. The lowest BCUT2D eigenvalue weighted by molar-refractivity contribution is 0.146. The Morgan fingerprint density at radius 2 is 2.08 bits per heavy atom. The van der Waals surface area contributed by atoms with Gasteiger partial charge in [0.2, 0.25) is 0 Å². The molecule has 0 saturated heterocycles. The van der Waals surface area contributed by atoms with Crippen molar-refractivity contribution in [1.82, 2.24) is 4.98 Å². The van der Waals surface area contributed by atoms with Gasteiger partial charge >= 0.3 is 0 Å². The molecule has 0 radical (unpaired) electrons. The van der Waals surface area contributed by atoms with Gasteiger partial charge in [-0.05, 0) is 23.6 Å². The molecule has 0 saturated carbocycles. The third-order valence-electron chi connectivity index (χ3n) is 1.56. The molecule has 0 unspecified atom stereocenters. The van der Waals surface area contributed by atoms with E-state index in [-0.39, 0.29) is 5.69 Å². The van der Waals surface area contributed by atoms with Crippen LogP contribution in [0.2, 0.25) is 0 Å². The lowest BCUT2D eigenvalue weighted by Gasteiger charge is -1.96. The molecule has 62 valence electrons. The molecule has 0 bridgehead atoms. The van der Waals surface area contributed by atoms with E-state index in [1.807, 2.05) is 11.4 Å². The molecule has 0 aromatic carbocycles. The van der Waals surface area contributed by atoms with Gasteiger partial charge in [0, 0.05) is 5.39 Å². The minimum atomic E-state index is -2.48. The van der Waals surface area contributed by atoms with Gasteiger partial charge in [-0.2, -0.15) is 0 Å². The second-order valence-electron chi connectivity index (χ2n) is 2.35. The predicted molar refractivity (Wildman–Crippen MR) is 44.6 cm³/mol. The van der Waals surface area contributed by atoms with E-state index in [0.717, 1.165) is 5.39 Å². The maximum Gasteiger partial charge on any atom is 0.280 e. The molecule has 2 heterocycles. The highest BCUT2D eigenvalue weighted by Gasteiger charge is 2.08. The Hall–Kier alpha value is -1.03. The lowest BCUT2D eigenvalue weighted by atomic mass is 10.3. The Balaban J connectivity index is 2.60. The molecule has 2 rings (SSSR count). The van der Waals surface area contributed by atoms with Crippen LogP contribution in [-0.2, 0) is 0 Å². The number of pyridine rings is 1. The summed E-state index contributed by atoms with van der Waals surface area (Å²) in [5.74, 6) is 0. The van der Waals surface area contributed by atoms with Crippen molar-refractivity contribution >= 4 is 21.6 Å². The summed E-state index contributed by atoms with van der Waals surface area (Å²) in [5, 5.41) is 2.76. The minimum absolute atomic E-state index is 0.148. The molecule has 1 nitrogen and oxygen atoms in total. The fraction of sp³-hybridized carbons (Fsp3) is 0.125. The summed E-state index contributed by atoms with van der Waals surface area (Å²) < 4.78 is 24.3. The fourth-order valence-corrected chi connectivity index (χ4v) is 1.75. The van der Waals surface area contributed by atoms with E-state index >= 15 is 0 Å². The van der Waals surface area contributed by atoms with Crippen molar-refractivity contribution in [3.63, 3.8) is 0 Å². The van der Waals surface area contributed by atoms with E-state index in [4.69, 9.17) is 0 Å². The molecule has 12 heavy (non-hydrogen) atoms. The van der Waals surface area contributed by atoms with Crippen LogP contribution in [-0.4, -0.2) is 4.98 Å². The van der Waals surface area contributed by atoms with Crippen LogP contribution in [0.4, 0.5) is 8.78 Å². The molecular formula is C8H5F2NS. The maximum absolute atomic E-state index is 12.1. The first-order valence-corrected chi connectivity index (χ1v) is 4.27. The van der Waals surface area contributed by atoms with Crippen LogP contribution < -0.4 is 0 Å². The van der Waals surface area contributed by atoms with Gasteiger partial charge < -0.3 is 0 Å². The third kappa shape index (κ3) is 1.18. The Bertz CT molecular complexity index is 397. The smallest absolute Gasteiger partial charge is 0.236 e. The standard InChI is InChI=1S/C8H5F2NS/c9-7(10)6-2-1-5-3-4-12-8(5)11-6/h1-4,7H. The van der Waals surface area contributed by atoms with Gasteiger partial charge in [-0.1, -0.05) is 0 Å². The second kappa shape index (κ2) is 2.79. The third-order valence-corrected chi connectivity index (χ3v) is 2.38. The topological polar surface area (TPSA) is 12.9 Å². The van der Waals surface area contributed by atoms with E-state index in [1.165, 1.54) is 17.4 Å². The zero-order valence-electron chi connectivity index (χ0n) is 6.00. The van der Waals surface area contributed by atoms with Crippen molar-refractivity contribution in [3.8, 4) is 0 Å². The first kappa shape index (κ1) is 7.61. The van der Waals surface area contributed by atoms with Crippen molar-refractivity contribution in [2.75, 3.05) is 0 Å². The summed E-state index contributed by atoms with van der Waals surface area (Å²) in [7, 11) is 0. The quantitative estimate of drug-likeness (QED) is 0.664. The van der Waals surface area contributed by atoms with Gasteiger partial charge in [-0.3, -0.25) is 0 Å². The second-order valence-corrected chi connectivity index (χ2v) is 3.25. The molecule has 2 aromatic heterocycles. The molecule has 2 aromatic rings. The number of nitrogens with zero attached hydrogens (tertiary/aromatic N) is 1. The molecule has 4 heteroatoms. The number of aromatic nitrogens is 1. The number of rotatable bonds is 1. The fourth-order valence-electron chi connectivity index (χ4n) is 0.980. The molecule has 0 spiro atoms. The SMILES string of the molecule is FC(F)c1ccc2ccsc2n1. The van der Waals surface area contributed by atoms with Gasteiger partial charge in [-0.15, -0.1) is 11.3 Å². The number of thiophene rings is 1. The first-order chi connectivity index (χ1) is 5.77. The molecule has 0 aliphatic carbocycles. The molecular weight excluding hydrogens is 180 g/mol. The normalized spacial score (nSPS) is 11.2. The van der Waals surface area contributed by atoms with E-state index in [0.29, 0.717) is 4.83 Å². The molecule has 0 amide bonds. The van der Waals surface area contributed by atoms with Crippen LogP contribution in [0.1, 0.15) is 12.1 Å². The summed E-state index contributed by atoms with van der Waals surface area (Å²) in [4.78, 5) is 4.48. The zero-order chi connectivity index (χ0) is 8.55. The summed E-state index contributed by atoms with van der Waals surface area (Å²) in [6.07, 6.45) is -2.48. The monoisotopic (exact) mass is 185 g/mol. The van der Waals surface area contributed by atoms with Gasteiger partial charge in [-0.25, -0.2) is 13.8 Å². The molecule has 0 aliphatic rings. The van der Waals surface area contributed by atoms with Crippen molar-refractivity contribution < 1.29 is 8.78 Å². The van der Waals surface area contributed by atoms with Crippen molar-refractivity contribution in [1.29, 1.82) is 0 Å². The van der Waals surface area contributed by atoms with Crippen molar-refractivity contribution in [2.45, 2.75) is 6.43 Å². The van der Waals surface area contributed by atoms with Crippen molar-refractivity contribution in [2.24, 2.45) is 0 Å². The largest absolute Gasteiger partial charge is 0.280 e. The van der Waals surface area contributed by atoms with E-state index < -0.39 is 6.43 Å². The molecule has 0 aliphatic heterocycles. The number of hydrogen-bond donors (Lipinski definition) is 0. The first-order valence-electron chi connectivity index (χ1n) is 3.39. The van der Waals surface area contributed by atoms with Gasteiger partial charge in [0.15, 0.2) is 0 Å². The highest BCUT2D eigenvalue weighted by Crippen LogP contribution is 2.23. The Kier molecular flexibility index (Phi) is 1.77. The van der Waals surface area contributed by atoms with Crippen LogP contribution in [0.3, 0.4) is 0 Å². The minimum Gasteiger partial charge on any atom is -0.236 e. The lowest BCUT2D eigenvalue weighted by Crippen LogP contribution is -1.87. The van der Waals surface area contributed by atoms with Crippen LogP contribution in [0, 0.1) is 0 Å². The molecule has 0 fully saturated rings. The summed E-state index contributed by atoms with van der Waals surface area (Å²) in [5.41, 5.74) is -0.148. The number of hydrogen-bond acceptors (Lipinski definition) is 2. The van der Waals surface area contributed by atoms with Crippen LogP contribution >= 0.6 is 11.3 Å². The average molecular weight is 185 g/mol. The Labute approximate surface area is 71.7 Å². The number of halogens is 2. The van der Waals surface area contributed by atoms with E-state index in [9.17, 15) is 8.78 Å². The van der Waals surface area contributed by atoms with Crippen LogP contribution in [0.5, 0.6) is 0 Å². The summed E-state index contributed by atoms with van der Waals surface area (Å²) >= 11 is 1.37. The highest BCUT2D eigenvalue weighted by molar-refractivity contribution is 7.16. The van der Waals surface area contributed by atoms with E-state index in [2.05, 4.69) is 4.98 Å². The van der Waals surface area contributed by atoms with Gasteiger partial charge in [0.05, 0.1) is 0 Å². The highest BCUT2D eigenvalue weighted by atomic mass is 32.1.